The maximum Gasteiger partial charge on any atom is 0.355 e. The molecule has 0 saturated carbocycles. The Kier molecular flexibility index (Phi) is 6.39. The van der Waals surface area contributed by atoms with Crippen LogP contribution in [0.1, 0.15) is 51.5 Å². The van der Waals surface area contributed by atoms with Crippen molar-refractivity contribution in [2.45, 2.75) is 40.7 Å². The van der Waals surface area contributed by atoms with E-state index in [1.807, 2.05) is 25.1 Å². The van der Waals surface area contributed by atoms with E-state index in [0.717, 1.165) is 5.56 Å². The largest absolute Gasteiger partial charge is 0.462 e. The fraction of sp³-hybridized carbons (Fsp3) is 0.350. The summed E-state index contributed by atoms with van der Waals surface area (Å²) in [5, 5.41) is 2.71. The van der Waals surface area contributed by atoms with Gasteiger partial charge in [-0.1, -0.05) is 12.1 Å². The van der Waals surface area contributed by atoms with E-state index in [1.165, 1.54) is 6.92 Å². The number of ether oxygens (including phenoxy) is 2. The summed E-state index contributed by atoms with van der Waals surface area (Å²) in [5.41, 5.74) is 3.00. The van der Waals surface area contributed by atoms with Gasteiger partial charge in [0.2, 0.25) is 0 Å². The number of aryl methyl sites for hydroxylation is 2. The molecule has 0 spiro atoms. The van der Waals surface area contributed by atoms with E-state index in [1.54, 1.807) is 26.8 Å². The lowest BCUT2D eigenvalue weighted by atomic mass is 10.1. The smallest absolute Gasteiger partial charge is 0.355 e. The zero-order valence-electron chi connectivity index (χ0n) is 16.1. The van der Waals surface area contributed by atoms with Gasteiger partial charge in [0.1, 0.15) is 5.69 Å². The molecule has 27 heavy (non-hydrogen) atoms. The summed E-state index contributed by atoms with van der Waals surface area (Å²) in [4.78, 5) is 39.6. The third-order valence-electron chi connectivity index (χ3n) is 4.06. The molecule has 1 atom stereocenters. The maximum absolute atomic E-state index is 12.4. The molecule has 0 unspecified atom stereocenters. The van der Waals surface area contributed by atoms with Crippen LogP contribution in [-0.4, -0.2) is 35.5 Å². The number of hydrogen-bond acceptors (Lipinski definition) is 5. The van der Waals surface area contributed by atoms with Gasteiger partial charge in [-0.05, 0) is 57.9 Å². The molecule has 0 saturated heterocycles. The second-order valence-corrected chi connectivity index (χ2v) is 6.25. The number of nitrogens with one attached hydrogen (secondary N) is 2. The van der Waals surface area contributed by atoms with Crippen molar-refractivity contribution in [1.29, 1.82) is 0 Å². The molecule has 1 amide bonds. The molecule has 1 heterocycles. The Morgan fingerprint density at radius 1 is 1.15 bits per heavy atom. The quantitative estimate of drug-likeness (QED) is 0.758. The zero-order chi connectivity index (χ0) is 20.1. The van der Waals surface area contributed by atoms with Gasteiger partial charge in [-0.3, -0.25) is 4.79 Å². The molecule has 0 aliphatic rings. The predicted molar refractivity (Wildman–Crippen MR) is 101 cm³/mol. The molecule has 0 aliphatic heterocycles. The predicted octanol–water partition coefficient (Wildman–Crippen LogP) is 3.30. The summed E-state index contributed by atoms with van der Waals surface area (Å²) in [6.45, 7) is 8.64. The molecular weight excluding hydrogens is 348 g/mol. The monoisotopic (exact) mass is 372 g/mol. The third kappa shape index (κ3) is 4.75. The van der Waals surface area contributed by atoms with Crippen molar-refractivity contribution < 1.29 is 23.9 Å². The minimum Gasteiger partial charge on any atom is -0.462 e. The lowest BCUT2D eigenvalue weighted by molar-refractivity contribution is -0.123. The highest BCUT2D eigenvalue weighted by molar-refractivity contribution is 6.00. The Hall–Kier alpha value is -3.09. The molecular formula is C20H24N2O5. The second kappa shape index (κ2) is 8.53. The average Bonchev–Trinajstić information content (AvgIpc) is 2.89. The number of H-pyrrole nitrogens is 1. The lowest BCUT2D eigenvalue weighted by Gasteiger charge is -2.13. The molecule has 144 valence electrons. The van der Waals surface area contributed by atoms with Crippen LogP contribution in [0.15, 0.2) is 24.3 Å². The molecule has 0 bridgehead atoms. The van der Waals surface area contributed by atoms with Gasteiger partial charge in [-0.15, -0.1) is 0 Å². The maximum atomic E-state index is 12.4. The number of rotatable bonds is 6. The van der Waals surface area contributed by atoms with Crippen LogP contribution in [0.2, 0.25) is 0 Å². The van der Waals surface area contributed by atoms with Crippen LogP contribution in [0, 0.1) is 20.8 Å². The molecule has 0 aliphatic carbocycles. The van der Waals surface area contributed by atoms with E-state index in [4.69, 9.17) is 9.47 Å². The topological polar surface area (TPSA) is 97.5 Å². The van der Waals surface area contributed by atoms with Crippen LogP contribution in [0.5, 0.6) is 0 Å². The average molecular weight is 372 g/mol. The van der Waals surface area contributed by atoms with Gasteiger partial charge in [-0.25, -0.2) is 9.59 Å². The molecule has 2 N–H and O–H groups in total. The highest BCUT2D eigenvalue weighted by Gasteiger charge is 2.26. The van der Waals surface area contributed by atoms with E-state index >= 15 is 0 Å². The summed E-state index contributed by atoms with van der Waals surface area (Å²) < 4.78 is 10.3. The summed E-state index contributed by atoms with van der Waals surface area (Å²) >= 11 is 0. The van der Waals surface area contributed by atoms with Gasteiger partial charge in [0.25, 0.3) is 5.91 Å². The summed E-state index contributed by atoms with van der Waals surface area (Å²) in [6, 6.07) is 7.31. The minimum absolute atomic E-state index is 0.130. The first-order chi connectivity index (χ1) is 12.7. The standard InChI is InChI=1S/C20H24N2O5/c1-6-26-19(24)16-12(3)17(21-13(16)4)20(25)27-14(5)18(23)22-15-9-7-8-11(2)10-15/h7-10,14,21H,6H2,1-5H3,(H,22,23)/t14-/m0/s1. The molecule has 7 nitrogen and oxygen atoms in total. The fourth-order valence-corrected chi connectivity index (χ4v) is 2.70. The van der Waals surface area contributed by atoms with E-state index in [-0.39, 0.29) is 12.3 Å². The number of esters is 2. The highest BCUT2D eigenvalue weighted by atomic mass is 16.5. The first kappa shape index (κ1) is 20.2. The third-order valence-corrected chi connectivity index (χ3v) is 4.06. The first-order valence-electron chi connectivity index (χ1n) is 8.69. The van der Waals surface area contributed by atoms with Crippen LogP contribution < -0.4 is 5.32 Å². The van der Waals surface area contributed by atoms with Crippen molar-refractivity contribution >= 4 is 23.5 Å². The number of hydrogen-bond donors (Lipinski definition) is 2. The van der Waals surface area contributed by atoms with Gasteiger partial charge in [0.05, 0.1) is 12.2 Å². The molecule has 2 aromatic rings. The van der Waals surface area contributed by atoms with Crippen molar-refractivity contribution in [2.75, 3.05) is 11.9 Å². The van der Waals surface area contributed by atoms with Gasteiger partial charge in [0.15, 0.2) is 6.10 Å². The molecule has 1 aromatic heterocycles. The van der Waals surface area contributed by atoms with Gasteiger partial charge in [-0.2, -0.15) is 0 Å². The molecule has 0 fully saturated rings. The van der Waals surface area contributed by atoms with E-state index in [9.17, 15) is 14.4 Å². The second-order valence-electron chi connectivity index (χ2n) is 6.25. The van der Waals surface area contributed by atoms with Crippen LogP contribution in [0.3, 0.4) is 0 Å². The molecule has 1 aromatic carbocycles. The number of anilines is 1. The Balaban J connectivity index is 2.09. The van der Waals surface area contributed by atoms with Crippen molar-refractivity contribution in [3.8, 4) is 0 Å². The van der Waals surface area contributed by atoms with Gasteiger partial charge < -0.3 is 19.8 Å². The highest BCUT2D eigenvalue weighted by Crippen LogP contribution is 2.20. The van der Waals surface area contributed by atoms with Crippen LogP contribution >= 0.6 is 0 Å². The van der Waals surface area contributed by atoms with Gasteiger partial charge in [0, 0.05) is 11.4 Å². The fourth-order valence-electron chi connectivity index (χ4n) is 2.70. The van der Waals surface area contributed by atoms with E-state index in [2.05, 4.69) is 10.3 Å². The molecule has 0 radical (unpaired) electrons. The normalized spacial score (nSPS) is 11.6. The minimum atomic E-state index is -1.01. The first-order valence-corrected chi connectivity index (χ1v) is 8.69. The Morgan fingerprint density at radius 2 is 1.85 bits per heavy atom. The molecule has 2 rings (SSSR count). The number of aromatic amines is 1. The SMILES string of the molecule is CCOC(=O)c1c(C)[nH]c(C(=O)O[C@@H](C)C(=O)Nc2cccc(C)c2)c1C. The number of amides is 1. The number of aromatic nitrogens is 1. The van der Waals surface area contributed by atoms with E-state index < -0.39 is 23.9 Å². The lowest BCUT2D eigenvalue weighted by Crippen LogP contribution is -2.30. The number of benzene rings is 1. The summed E-state index contributed by atoms with van der Waals surface area (Å²) in [7, 11) is 0. The van der Waals surface area contributed by atoms with Crippen LogP contribution in [0.25, 0.3) is 0 Å². The number of carbonyl (C=O) groups excluding carboxylic acids is 3. The van der Waals surface area contributed by atoms with Crippen LogP contribution in [-0.2, 0) is 14.3 Å². The Bertz CT molecular complexity index is 869. The number of carbonyl (C=O) groups is 3. The Morgan fingerprint density at radius 3 is 2.48 bits per heavy atom. The van der Waals surface area contributed by atoms with Crippen molar-refractivity contribution in [1.82, 2.24) is 4.98 Å². The van der Waals surface area contributed by atoms with Crippen molar-refractivity contribution in [3.63, 3.8) is 0 Å². The summed E-state index contributed by atoms with van der Waals surface area (Å²) in [5.74, 6) is -1.66. The van der Waals surface area contributed by atoms with Crippen molar-refractivity contribution in [2.24, 2.45) is 0 Å². The van der Waals surface area contributed by atoms with Crippen LogP contribution in [0.4, 0.5) is 5.69 Å². The van der Waals surface area contributed by atoms with Gasteiger partial charge >= 0.3 is 11.9 Å². The Labute approximate surface area is 158 Å². The molecule has 7 heteroatoms. The van der Waals surface area contributed by atoms with Crippen molar-refractivity contribution in [3.05, 3.63) is 52.3 Å². The zero-order valence-corrected chi connectivity index (χ0v) is 16.1. The summed E-state index contributed by atoms with van der Waals surface area (Å²) in [6.07, 6.45) is -1.01. The van der Waals surface area contributed by atoms with E-state index in [0.29, 0.717) is 22.5 Å².